The number of aliphatic hydroxyl groups excluding tert-OH is 1. The Morgan fingerprint density at radius 2 is 2.17 bits per heavy atom. The number of nitrogens with one attached hydrogen (secondary N) is 1. The third kappa shape index (κ3) is 5.34. The van der Waals surface area contributed by atoms with E-state index in [1.165, 1.54) is 0 Å². The van der Waals surface area contributed by atoms with Gasteiger partial charge in [0, 0.05) is 12.1 Å². The third-order valence-electron chi connectivity index (χ3n) is 2.82. The van der Waals surface area contributed by atoms with Gasteiger partial charge in [-0.15, -0.1) is 0 Å². The van der Waals surface area contributed by atoms with Gasteiger partial charge < -0.3 is 15.2 Å². The Balaban J connectivity index is 2.28. The fraction of sp³-hybridized carbons (Fsp3) is 0.467. The van der Waals surface area contributed by atoms with Gasteiger partial charge in [-0.1, -0.05) is 37.3 Å². The van der Waals surface area contributed by atoms with Gasteiger partial charge in [0.2, 0.25) is 0 Å². The van der Waals surface area contributed by atoms with Crippen LogP contribution in [-0.2, 0) is 0 Å². The zero-order chi connectivity index (χ0) is 13.2. The molecule has 0 heterocycles. The van der Waals surface area contributed by atoms with Crippen molar-refractivity contribution in [1.82, 2.24) is 5.32 Å². The van der Waals surface area contributed by atoms with Crippen LogP contribution in [0.1, 0.15) is 25.3 Å². The summed E-state index contributed by atoms with van der Waals surface area (Å²) in [7, 11) is 1.68. The van der Waals surface area contributed by atoms with Crippen molar-refractivity contribution < 1.29 is 9.84 Å². The molecule has 0 aromatic heterocycles. The Bertz CT molecular complexity index is 363. The molecule has 3 heteroatoms. The van der Waals surface area contributed by atoms with Crippen molar-refractivity contribution in [2.75, 3.05) is 20.2 Å². The van der Waals surface area contributed by atoms with Gasteiger partial charge >= 0.3 is 0 Å². The molecule has 2 N–H and O–H groups in total. The summed E-state index contributed by atoms with van der Waals surface area (Å²) in [6, 6.07) is 7.93. The Hall–Kier alpha value is -1.32. The maximum absolute atomic E-state index is 9.39. The molecule has 1 atom stereocenters. The monoisotopic (exact) mass is 249 g/mol. The first kappa shape index (κ1) is 14.7. The van der Waals surface area contributed by atoms with Gasteiger partial charge in [0.15, 0.2) is 0 Å². The zero-order valence-corrected chi connectivity index (χ0v) is 11.2. The molecule has 1 aromatic carbocycles. The van der Waals surface area contributed by atoms with E-state index < -0.39 is 0 Å². The average molecular weight is 249 g/mol. The molecule has 0 aliphatic heterocycles. The number of methoxy groups -OCH3 is 1. The minimum atomic E-state index is -0.185. The molecular weight excluding hydrogens is 226 g/mol. The number of hydrogen-bond acceptors (Lipinski definition) is 3. The molecule has 0 aliphatic carbocycles. The van der Waals surface area contributed by atoms with Gasteiger partial charge in [0.05, 0.1) is 13.2 Å². The van der Waals surface area contributed by atoms with Crippen LogP contribution < -0.4 is 10.1 Å². The van der Waals surface area contributed by atoms with E-state index in [2.05, 4.69) is 11.4 Å². The Morgan fingerprint density at radius 1 is 1.39 bits per heavy atom. The predicted octanol–water partition coefficient (Wildman–Crippen LogP) is 2.46. The molecule has 1 aromatic rings. The van der Waals surface area contributed by atoms with Crippen molar-refractivity contribution in [2.24, 2.45) is 0 Å². The summed E-state index contributed by atoms with van der Waals surface area (Å²) in [6.07, 6.45) is 5.55. The molecule has 3 nitrogen and oxygen atoms in total. The normalized spacial score (nSPS) is 12.8. The Morgan fingerprint density at radius 3 is 2.89 bits per heavy atom. The second-order valence-electron chi connectivity index (χ2n) is 4.20. The molecule has 0 saturated carbocycles. The second-order valence-corrected chi connectivity index (χ2v) is 4.20. The first-order valence-corrected chi connectivity index (χ1v) is 6.46. The van der Waals surface area contributed by atoms with E-state index in [-0.39, 0.29) is 6.10 Å². The minimum Gasteiger partial charge on any atom is -0.496 e. The molecule has 0 spiro atoms. The lowest BCUT2D eigenvalue weighted by atomic mass is 10.2. The molecule has 0 aliphatic rings. The summed E-state index contributed by atoms with van der Waals surface area (Å²) in [6.45, 7) is 3.63. The third-order valence-corrected chi connectivity index (χ3v) is 2.82. The van der Waals surface area contributed by atoms with Crippen LogP contribution in [0.4, 0.5) is 0 Å². The van der Waals surface area contributed by atoms with E-state index in [4.69, 9.17) is 4.74 Å². The molecule has 0 fully saturated rings. The van der Waals surface area contributed by atoms with Crippen molar-refractivity contribution >= 4 is 6.08 Å². The van der Waals surface area contributed by atoms with Crippen LogP contribution in [-0.4, -0.2) is 31.4 Å². The lowest BCUT2D eigenvalue weighted by molar-refractivity contribution is 0.160. The summed E-state index contributed by atoms with van der Waals surface area (Å²) in [5, 5.41) is 12.7. The van der Waals surface area contributed by atoms with Crippen molar-refractivity contribution in [1.29, 1.82) is 0 Å². The van der Waals surface area contributed by atoms with E-state index in [9.17, 15) is 5.11 Å². The number of hydrogen-bond donors (Lipinski definition) is 2. The SMILES string of the molecule is CCC(O)CCNC/C=C/c1ccccc1OC. The number of rotatable bonds is 8. The van der Waals surface area contributed by atoms with Gasteiger partial charge in [-0.25, -0.2) is 0 Å². The fourth-order valence-corrected chi connectivity index (χ4v) is 1.65. The smallest absolute Gasteiger partial charge is 0.126 e. The minimum absolute atomic E-state index is 0.185. The maximum atomic E-state index is 9.39. The molecular formula is C15H23NO2. The predicted molar refractivity (Wildman–Crippen MR) is 75.8 cm³/mol. The summed E-state index contributed by atoms with van der Waals surface area (Å²) in [4.78, 5) is 0. The summed E-state index contributed by atoms with van der Waals surface area (Å²) >= 11 is 0. The van der Waals surface area contributed by atoms with E-state index in [0.29, 0.717) is 0 Å². The summed E-state index contributed by atoms with van der Waals surface area (Å²) < 4.78 is 5.26. The van der Waals surface area contributed by atoms with Crippen molar-refractivity contribution in [3.8, 4) is 5.75 Å². The molecule has 0 saturated heterocycles. The quantitative estimate of drug-likeness (QED) is 0.695. The van der Waals surface area contributed by atoms with E-state index in [0.717, 1.165) is 37.2 Å². The number of aliphatic hydroxyl groups is 1. The number of para-hydroxylation sites is 1. The van der Waals surface area contributed by atoms with Crippen LogP contribution in [0.15, 0.2) is 30.3 Å². The summed E-state index contributed by atoms with van der Waals surface area (Å²) in [5.74, 6) is 0.884. The molecule has 18 heavy (non-hydrogen) atoms. The van der Waals surface area contributed by atoms with Crippen molar-refractivity contribution in [3.63, 3.8) is 0 Å². The second kappa shape index (κ2) is 8.72. The van der Waals surface area contributed by atoms with Crippen LogP contribution in [0.5, 0.6) is 5.75 Å². The van der Waals surface area contributed by atoms with Crippen molar-refractivity contribution in [3.05, 3.63) is 35.9 Å². The highest BCUT2D eigenvalue weighted by Gasteiger charge is 1.98. The van der Waals surface area contributed by atoms with E-state index in [1.807, 2.05) is 37.3 Å². The van der Waals surface area contributed by atoms with E-state index in [1.54, 1.807) is 7.11 Å². The highest BCUT2D eigenvalue weighted by Crippen LogP contribution is 2.18. The Kier molecular flexibility index (Phi) is 7.14. The van der Waals surface area contributed by atoms with Crippen molar-refractivity contribution in [2.45, 2.75) is 25.9 Å². The van der Waals surface area contributed by atoms with Gasteiger partial charge in [-0.2, -0.15) is 0 Å². The molecule has 1 unspecified atom stereocenters. The van der Waals surface area contributed by atoms with Crippen LogP contribution in [0.2, 0.25) is 0 Å². The topological polar surface area (TPSA) is 41.5 Å². The Labute approximate surface area is 109 Å². The lowest BCUT2D eigenvalue weighted by Gasteiger charge is -2.07. The van der Waals surface area contributed by atoms with Crippen LogP contribution in [0.3, 0.4) is 0 Å². The standard InChI is InChI=1S/C15H23NO2/c1-3-14(17)10-12-16-11-6-8-13-7-4-5-9-15(13)18-2/h4-9,14,16-17H,3,10-12H2,1-2H3/b8-6+. The first-order valence-electron chi connectivity index (χ1n) is 6.46. The zero-order valence-electron chi connectivity index (χ0n) is 11.2. The molecule has 0 radical (unpaired) electrons. The first-order chi connectivity index (χ1) is 8.77. The molecule has 100 valence electrons. The van der Waals surface area contributed by atoms with Crippen LogP contribution in [0.25, 0.3) is 6.08 Å². The fourth-order valence-electron chi connectivity index (χ4n) is 1.65. The molecule has 1 rings (SSSR count). The van der Waals surface area contributed by atoms with Gasteiger partial charge in [-0.3, -0.25) is 0 Å². The van der Waals surface area contributed by atoms with Gasteiger partial charge in [0.25, 0.3) is 0 Å². The number of benzene rings is 1. The van der Waals surface area contributed by atoms with Crippen LogP contribution in [0, 0.1) is 0 Å². The van der Waals surface area contributed by atoms with Gasteiger partial charge in [0.1, 0.15) is 5.75 Å². The van der Waals surface area contributed by atoms with Crippen LogP contribution >= 0.6 is 0 Å². The van der Waals surface area contributed by atoms with E-state index >= 15 is 0 Å². The average Bonchev–Trinajstić information content (AvgIpc) is 2.42. The lowest BCUT2D eigenvalue weighted by Crippen LogP contribution is -2.20. The highest BCUT2D eigenvalue weighted by molar-refractivity contribution is 5.57. The van der Waals surface area contributed by atoms with Gasteiger partial charge in [-0.05, 0) is 25.5 Å². The summed E-state index contributed by atoms with van der Waals surface area (Å²) in [5.41, 5.74) is 1.08. The maximum Gasteiger partial charge on any atom is 0.126 e. The highest BCUT2D eigenvalue weighted by atomic mass is 16.5. The molecule has 0 amide bonds. The number of ether oxygens (including phenoxy) is 1. The molecule has 0 bridgehead atoms. The largest absolute Gasteiger partial charge is 0.496 e.